The molecule has 2 rings (SSSR count). The lowest BCUT2D eigenvalue weighted by molar-refractivity contribution is -0.121. The van der Waals surface area contributed by atoms with Crippen molar-refractivity contribution in [1.29, 1.82) is 0 Å². The van der Waals surface area contributed by atoms with Crippen LogP contribution < -0.4 is 5.32 Å². The van der Waals surface area contributed by atoms with Crippen molar-refractivity contribution >= 4 is 5.91 Å². The number of benzene rings is 2. The topological polar surface area (TPSA) is 49.3 Å². The molecule has 0 spiro atoms. The second kappa shape index (κ2) is 8.23. The molecule has 2 N–H and O–H groups in total. The zero-order valence-electron chi connectivity index (χ0n) is 13.0. The number of nitrogens with one attached hydrogen (secondary N) is 1. The summed E-state index contributed by atoms with van der Waals surface area (Å²) in [6.45, 7) is 2.09. The fourth-order valence-corrected chi connectivity index (χ4v) is 2.42. The maximum Gasteiger partial charge on any atom is 0.220 e. The van der Waals surface area contributed by atoms with E-state index in [2.05, 4.69) is 24.4 Å². The average molecular weight is 297 g/mol. The van der Waals surface area contributed by atoms with E-state index in [0.29, 0.717) is 12.8 Å². The van der Waals surface area contributed by atoms with Crippen molar-refractivity contribution < 1.29 is 9.90 Å². The van der Waals surface area contributed by atoms with Crippen molar-refractivity contribution in [2.75, 3.05) is 0 Å². The van der Waals surface area contributed by atoms with Crippen molar-refractivity contribution in [2.24, 2.45) is 0 Å². The highest BCUT2D eigenvalue weighted by Crippen LogP contribution is 2.11. The predicted octanol–water partition coefficient (Wildman–Crippen LogP) is 3.46. The molecule has 0 saturated carbocycles. The summed E-state index contributed by atoms with van der Waals surface area (Å²) in [5, 5.41) is 12.4. The number of carbonyl (C=O) groups excluding carboxylic acids is 1. The molecule has 0 aromatic heterocycles. The van der Waals surface area contributed by atoms with Crippen LogP contribution in [0.15, 0.2) is 54.6 Å². The van der Waals surface area contributed by atoms with Gasteiger partial charge in [0, 0.05) is 12.5 Å². The summed E-state index contributed by atoms with van der Waals surface area (Å²) in [6, 6.07) is 17.4. The Morgan fingerprint density at radius 2 is 1.73 bits per heavy atom. The molecule has 3 nitrogen and oxygen atoms in total. The molecule has 2 aromatic rings. The fraction of sp³-hybridized carbons (Fsp3) is 0.316. The zero-order valence-corrected chi connectivity index (χ0v) is 13.0. The molecule has 0 aliphatic heterocycles. The van der Waals surface area contributed by atoms with Gasteiger partial charge in [-0.05, 0) is 42.5 Å². The highest BCUT2D eigenvalue weighted by Gasteiger charge is 2.11. The Bertz CT molecular complexity index is 578. The maximum absolute atomic E-state index is 12.1. The standard InChI is InChI=1S/C19H23NO2/c1-2-17(14-16-6-4-3-5-7-16)20-19(22)13-10-15-8-11-18(21)12-9-15/h3-9,11-12,17,21H,2,10,13-14H2,1H3,(H,20,22). The van der Waals surface area contributed by atoms with Gasteiger partial charge in [0.1, 0.15) is 5.75 Å². The lowest BCUT2D eigenvalue weighted by Gasteiger charge is -2.17. The van der Waals surface area contributed by atoms with Crippen molar-refractivity contribution in [2.45, 2.75) is 38.6 Å². The van der Waals surface area contributed by atoms with Crippen LogP contribution in [0.2, 0.25) is 0 Å². The van der Waals surface area contributed by atoms with E-state index in [4.69, 9.17) is 0 Å². The first kappa shape index (κ1) is 16.1. The minimum absolute atomic E-state index is 0.0795. The van der Waals surface area contributed by atoms with Gasteiger partial charge in [-0.2, -0.15) is 0 Å². The minimum atomic E-state index is 0.0795. The van der Waals surface area contributed by atoms with Gasteiger partial charge in [0.15, 0.2) is 0 Å². The van der Waals surface area contributed by atoms with Gasteiger partial charge in [0.05, 0.1) is 0 Å². The molecule has 22 heavy (non-hydrogen) atoms. The van der Waals surface area contributed by atoms with Gasteiger partial charge in [0.25, 0.3) is 0 Å². The number of phenols is 1. The molecule has 116 valence electrons. The number of hydrogen-bond acceptors (Lipinski definition) is 2. The third-order valence-electron chi connectivity index (χ3n) is 3.76. The SMILES string of the molecule is CCC(Cc1ccccc1)NC(=O)CCc1ccc(O)cc1. The molecule has 0 aliphatic rings. The lowest BCUT2D eigenvalue weighted by Crippen LogP contribution is -2.36. The number of phenolic OH excluding ortho intramolecular Hbond substituents is 1. The van der Waals surface area contributed by atoms with Gasteiger partial charge < -0.3 is 10.4 Å². The van der Waals surface area contributed by atoms with Crippen LogP contribution in [-0.4, -0.2) is 17.1 Å². The molecule has 0 aliphatic carbocycles. The minimum Gasteiger partial charge on any atom is -0.508 e. The van der Waals surface area contributed by atoms with Gasteiger partial charge in [-0.3, -0.25) is 4.79 Å². The van der Waals surface area contributed by atoms with E-state index in [-0.39, 0.29) is 17.7 Å². The van der Waals surface area contributed by atoms with Gasteiger partial charge in [-0.15, -0.1) is 0 Å². The van der Waals surface area contributed by atoms with Crippen LogP contribution in [-0.2, 0) is 17.6 Å². The maximum atomic E-state index is 12.1. The highest BCUT2D eigenvalue weighted by atomic mass is 16.3. The van der Waals surface area contributed by atoms with E-state index in [1.54, 1.807) is 12.1 Å². The Hall–Kier alpha value is -2.29. The van der Waals surface area contributed by atoms with Crippen LogP contribution in [0.3, 0.4) is 0 Å². The predicted molar refractivity (Wildman–Crippen MR) is 88.8 cm³/mol. The number of hydrogen-bond donors (Lipinski definition) is 2. The van der Waals surface area contributed by atoms with Crippen molar-refractivity contribution in [3.05, 3.63) is 65.7 Å². The molecule has 0 bridgehead atoms. The van der Waals surface area contributed by atoms with Crippen LogP contribution >= 0.6 is 0 Å². The van der Waals surface area contributed by atoms with Crippen LogP contribution in [0.4, 0.5) is 0 Å². The van der Waals surface area contributed by atoms with Gasteiger partial charge in [-0.1, -0.05) is 49.4 Å². The van der Waals surface area contributed by atoms with Crippen LogP contribution in [0, 0.1) is 0 Å². The number of carbonyl (C=O) groups is 1. The molecule has 0 fully saturated rings. The third kappa shape index (κ3) is 5.24. The highest BCUT2D eigenvalue weighted by molar-refractivity contribution is 5.76. The van der Waals surface area contributed by atoms with E-state index in [1.807, 2.05) is 30.3 Å². The summed E-state index contributed by atoms with van der Waals surface area (Å²) in [5.41, 5.74) is 2.30. The smallest absolute Gasteiger partial charge is 0.220 e. The molecular weight excluding hydrogens is 274 g/mol. The lowest BCUT2D eigenvalue weighted by atomic mass is 10.0. The molecule has 0 saturated heterocycles. The monoisotopic (exact) mass is 297 g/mol. The largest absolute Gasteiger partial charge is 0.508 e. The summed E-state index contributed by atoms with van der Waals surface area (Å²) in [5.74, 6) is 0.331. The Morgan fingerprint density at radius 1 is 1.05 bits per heavy atom. The van der Waals surface area contributed by atoms with E-state index < -0.39 is 0 Å². The van der Waals surface area contributed by atoms with E-state index in [9.17, 15) is 9.90 Å². The Balaban J connectivity index is 1.80. The average Bonchev–Trinajstić information content (AvgIpc) is 2.54. The quantitative estimate of drug-likeness (QED) is 0.822. The van der Waals surface area contributed by atoms with Gasteiger partial charge >= 0.3 is 0 Å². The van der Waals surface area contributed by atoms with Crippen LogP contribution in [0.25, 0.3) is 0 Å². The van der Waals surface area contributed by atoms with E-state index in [0.717, 1.165) is 18.4 Å². The second-order valence-electron chi connectivity index (χ2n) is 5.53. The Labute approximate surface area is 132 Å². The van der Waals surface area contributed by atoms with Crippen molar-refractivity contribution in [3.63, 3.8) is 0 Å². The molecule has 1 atom stereocenters. The molecule has 1 unspecified atom stereocenters. The van der Waals surface area contributed by atoms with Crippen molar-refractivity contribution in [1.82, 2.24) is 5.32 Å². The Kier molecular flexibility index (Phi) is 6.01. The normalized spacial score (nSPS) is 11.9. The van der Waals surface area contributed by atoms with Gasteiger partial charge in [0.2, 0.25) is 5.91 Å². The first-order chi connectivity index (χ1) is 10.7. The summed E-state index contributed by atoms with van der Waals surface area (Å²) in [4.78, 5) is 12.1. The first-order valence-corrected chi connectivity index (χ1v) is 7.78. The first-order valence-electron chi connectivity index (χ1n) is 7.78. The molecule has 0 heterocycles. The fourth-order valence-electron chi connectivity index (χ4n) is 2.42. The summed E-state index contributed by atoms with van der Waals surface area (Å²) >= 11 is 0. The number of rotatable bonds is 7. The number of aromatic hydroxyl groups is 1. The van der Waals surface area contributed by atoms with Crippen LogP contribution in [0.5, 0.6) is 5.75 Å². The molecule has 0 radical (unpaired) electrons. The third-order valence-corrected chi connectivity index (χ3v) is 3.76. The molecule has 3 heteroatoms. The number of amides is 1. The zero-order chi connectivity index (χ0) is 15.8. The summed E-state index contributed by atoms with van der Waals surface area (Å²) in [6.07, 6.45) is 2.94. The molecule has 2 aromatic carbocycles. The molecular formula is C19H23NO2. The van der Waals surface area contributed by atoms with Gasteiger partial charge in [-0.25, -0.2) is 0 Å². The summed E-state index contributed by atoms with van der Waals surface area (Å²) in [7, 11) is 0. The molecule has 1 amide bonds. The van der Waals surface area contributed by atoms with Crippen LogP contribution in [0.1, 0.15) is 30.9 Å². The second-order valence-corrected chi connectivity index (χ2v) is 5.53. The van der Waals surface area contributed by atoms with E-state index >= 15 is 0 Å². The number of aryl methyl sites for hydroxylation is 1. The van der Waals surface area contributed by atoms with Crippen molar-refractivity contribution in [3.8, 4) is 5.75 Å². The summed E-state index contributed by atoms with van der Waals surface area (Å²) < 4.78 is 0. The Morgan fingerprint density at radius 3 is 2.36 bits per heavy atom. The van der Waals surface area contributed by atoms with E-state index in [1.165, 1.54) is 5.56 Å².